The molecule has 0 fully saturated rings. The van der Waals surface area contributed by atoms with Gasteiger partial charge in [0.2, 0.25) is 11.8 Å². The van der Waals surface area contributed by atoms with Crippen LogP contribution in [-0.4, -0.2) is 38.1 Å². The van der Waals surface area contributed by atoms with Gasteiger partial charge in [0.25, 0.3) is 0 Å². The minimum absolute atomic E-state index is 0.115. The number of hydrogen-bond acceptors (Lipinski definition) is 4. The molecule has 1 heterocycles. The number of nitrogens with one attached hydrogen (secondary N) is 2. The van der Waals surface area contributed by atoms with Crippen LogP contribution < -0.4 is 20.1 Å². The van der Waals surface area contributed by atoms with E-state index in [0.29, 0.717) is 32.1 Å². The van der Waals surface area contributed by atoms with Gasteiger partial charge in [0.05, 0.1) is 0 Å². The van der Waals surface area contributed by atoms with Crippen LogP contribution in [0.25, 0.3) is 6.08 Å². The molecule has 1 aromatic carbocycles. The Balaban J connectivity index is 1.83. The van der Waals surface area contributed by atoms with Crippen molar-refractivity contribution in [3.05, 3.63) is 29.8 Å². The molecule has 0 aromatic heterocycles. The second-order valence-electron chi connectivity index (χ2n) is 4.51. The predicted octanol–water partition coefficient (Wildman–Crippen LogP) is 0.723. The Hall–Kier alpha value is -2.50. The Morgan fingerprint density at radius 2 is 1.86 bits per heavy atom. The third-order valence-corrected chi connectivity index (χ3v) is 2.79. The van der Waals surface area contributed by atoms with Gasteiger partial charge in [-0.05, 0) is 23.8 Å². The molecular formula is C15H18N2O4. The largest absolute Gasteiger partial charge is 0.486 e. The Morgan fingerprint density at radius 3 is 2.62 bits per heavy atom. The maximum atomic E-state index is 11.6. The summed E-state index contributed by atoms with van der Waals surface area (Å²) in [5.74, 6) is 1.08. The maximum Gasteiger partial charge on any atom is 0.244 e. The van der Waals surface area contributed by atoms with Crippen LogP contribution in [0.15, 0.2) is 24.3 Å². The predicted molar refractivity (Wildman–Crippen MR) is 78.2 cm³/mol. The summed E-state index contributed by atoms with van der Waals surface area (Å²) in [6, 6.07) is 5.51. The van der Waals surface area contributed by atoms with Crippen molar-refractivity contribution in [2.24, 2.45) is 0 Å². The van der Waals surface area contributed by atoms with Crippen molar-refractivity contribution in [1.82, 2.24) is 10.6 Å². The number of fused-ring (bicyclic) bond motifs is 1. The van der Waals surface area contributed by atoms with Crippen molar-refractivity contribution < 1.29 is 19.1 Å². The molecule has 6 nitrogen and oxygen atoms in total. The molecule has 0 saturated heterocycles. The molecule has 21 heavy (non-hydrogen) atoms. The first kappa shape index (κ1) is 14.9. The van der Waals surface area contributed by atoms with Crippen LogP contribution >= 0.6 is 0 Å². The number of carbonyl (C=O) groups is 2. The number of rotatable bonds is 5. The smallest absolute Gasteiger partial charge is 0.244 e. The highest BCUT2D eigenvalue weighted by atomic mass is 16.6. The van der Waals surface area contributed by atoms with E-state index in [1.807, 2.05) is 18.2 Å². The Labute approximate surface area is 123 Å². The third-order valence-electron chi connectivity index (χ3n) is 2.79. The lowest BCUT2D eigenvalue weighted by atomic mass is 10.2. The van der Waals surface area contributed by atoms with Gasteiger partial charge in [-0.3, -0.25) is 9.59 Å². The zero-order valence-electron chi connectivity index (χ0n) is 11.8. The molecule has 0 spiro atoms. The van der Waals surface area contributed by atoms with Crippen molar-refractivity contribution in [2.45, 2.75) is 6.92 Å². The number of hydrogen-bond donors (Lipinski definition) is 2. The molecule has 1 aromatic rings. The van der Waals surface area contributed by atoms with Gasteiger partial charge in [0, 0.05) is 26.1 Å². The van der Waals surface area contributed by atoms with Crippen LogP contribution in [0.4, 0.5) is 0 Å². The topological polar surface area (TPSA) is 76.7 Å². The SMILES string of the molecule is CC(=O)NCCNC(=O)C=Cc1ccc2c(c1)OCCO2. The Bertz CT molecular complexity index is 555. The van der Waals surface area contributed by atoms with Crippen molar-refractivity contribution in [1.29, 1.82) is 0 Å². The van der Waals surface area contributed by atoms with E-state index in [2.05, 4.69) is 10.6 Å². The molecule has 2 rings (SSSR count). The first-order valence-corrected chi connectivity index (χ1v) is 6.75. The summed E-state index contributed by atoms with van der Waals surface area (Å²) in [5, 5.41) is 5.27. The van der Waals surface area contributed by atoms with E-state index in [9.17, 15) is 9.59 Å². The number of ether oxygens (including phenoxy) is 2. The van der Waals surface area contributed by atoms with E-state index < -0.39 is 0 Å². The lowest BCUT2D eigenvalue weighted by molar-refractivity contribution is -0.119. The zero-order chi connectivity index (χ0) is 15.1. The third kappa shape index (κ3) is 4.83. The zero-order valence-corrected chi connectivity index (χ0v) is 11.8. The van der Waals surface area contributed by atoms with Crippen LogP contribution in [0.1, 0.15) is 12.5 Å². The van der Waals surface area contributed by atoms with Crippen LogP contribution in [0.5, 0.6) is 11.5 Å². The number of amides is 2. The van der Waals surface area contributed by atoms with Crippen molar-refractivity contribution >= 4 is 17.9 Å². The second kappa shape index (κ2) is 7.33. The second-order valence-corrected chi connectivity index (χ2v) is 4.51. The van der Waals surface area contributed by atoms with E-state index in [1.165, 1.54) is 13.0 Å². The highest BCUT2D eigenvalue weighted by Gasteiger charge is 2.10. The molecule has 0 atom stereocenters. The lowest BCUT2D eigenvalue weighted by Gasteiger charge is -2.18. The number of carbonyl (C=O) groups excluding carboxylic acids is 2. The summed E-state index contributed by atoms with van der Waals surface area (Å²) in [7, 11) is 0. The Morgan fingerprint density at radius 1 is 1.14 bits per heavy atom. The molecule has 0 unspecified atom stereocenters. The van der Waals surface area contributed by atoms with Gasteiger partial charge >= 0.3 is 0 Å². The highest BCUT2D eigenvalue weighted by molar-refractivity contribution is 5.91. The fourth-order valence-electron chi connectivity index (χ4n) is 1.82. The van der Waals surface area contributed by atoms with Gasteiger partial charge in [-0.25, -0.2) is 0 Å². The molecular weight excluding hydrogens is 272 g/mol. The standard InChI is InChI=1S/C15H18N2O4/c1-11(18)16-6-7-17-15(19)5-3-12-2-4-13-14(10-12)21-9-8-20-13/h2-5,10H,6-9H2,1H3,(H,16,18)(H,17,19). The van der Waals surface area contributed by atoms with Crippen LogP contribution in [0, 0.1) is 0 Å². The van der Waals surface area contributed by atoms with Gasteiger partial charge in [-0.15, -0.1) is 0 Å². The fraction of sp³-hybridized carbons (Fsp3) is 0.333. The summed E-state index contributed by atoms with van der Waals surface area (Å²) in [5.41, 5.74) is 0.858. The van der Waals surface area contributed by atoms with Crippen LogP contribution in [-0.2, 0) is 9.59 Å². The maximum absolute atomic E-state index is 11.6. The summed E-state index contributed by atoms with van der Waals surface area (Å²) in [6.45, 7) is 3.33. The quantitative estimate of drug-likeness (QED) is 0.619. The monoisotopic (exact) mass is 290 g/mol. The molecule has 2 N–H and O–H groups in total. The van der Waals surface area contributed by atoms with Crippen LogP contribution in [0.3, 0.4) is 0 Å². The summed E-state index contributed by atoms with van der Waals surface area (Å²) >= 11 is 0. The molecule has 6 heteroatoms. The summed E-state index contributed by atoms with van der Waals surface area (Å²) in [6.07, 6.45) is 3.14. The van der Waals surface area contributed by atoms with E-state index in [-0.39, 0.29) is 11.8 Å². The normalized spacial score (nSPS) is 13.0. The van der Waals surface area contributed by atoms with Crippen molar-refractivity contribution in [3.63, 3.8) is 0 Å². The minimum Gasteiger partial charge on any atom is -0.486 e. The minimum atomic E-state index is -0.213. The van der Waals surface area contributed by atoms with Crippen molar-refractivity contribution in [3.8, 4) is 11.5 Å². The fourth-order valence-corrected chi connectivity index (χ4v) is 1.82. The average Bonchev–Trinajstić information content (AvgIpc) is 2.49. The van der Waals surface area contributed by atoms with E-state index in [4.69, 9.17) is 9.47 Å². The molecule has 0 radical (unpaired) electrons. The molecule has 1 aliphatic rings. The molecule has 1 aliphatic heterocycles. The van der Waals surface area contributed by atoms with Gasteiger partial charge in [-0.1, -0.05) is 6.07 Å². The summed E-state index contributed by atoms with van der Waals surface area (Å²) in [4.78, 5) is 22.2. The first-order valence-electron chi connectivity index (χ1n) is 6.75. The summed E-state index contributed by atoms with van der Waals surface area (Å²) < 4.78 is 10.9. The highest BCUT2D eigenvalue weighted by Crippen LogP contribution is 2.30. The Kier molecular flexibility index (Phi) is 5.20. The average molecular weight is 290 g/mol. The van der Waals surface area contributed by atoms with Gasteiger partial charge in [0.1, 0.15) is 13.2 Å². The molecule has 0 bridgehead atoms. The van der Waals surface area contributed by atoms with E-state index >= 15 is 0 Å². The van der Waals surface area contributed by atoms with Crippen LogP contribution in [0.2, 0.25) is 0 Å². The first-order chi connectivity index (χ1) is 10.1. The molecule has 0 saturated carbocycles. The van der Waals surface area contributed by atoms with Gasteiger partial charge < -0.3 is 20.1 Å². The lowest BCUT2D eigenvalue weighted by Crippen LogP contribution is -2.32. The van der Waals surface area contributed by atoms with Gasteiger partial charge in [0.15, 0.2) is 11.5 Å². The van der Waals surface area contributed by atoms with Gasteiger partial charge in [-0.2, -0.15) is 0 Å². The van der Waals surface area contributed by atoms with E-state index in [1.54, 1.807) is 6.08 Å². The number of benzene rings is 1. The van der Waals surface area contributed by atoms with E-state index in [0.717, 1.165) is 11.3 Å². The molecule has 2 amide bonds. The molecule has 112 valence electrons. The molecule has 0 aliphatic carbocycles. The van der Waals surface area contributed by atoms with Crippen molar-refractivity contribution in [2.75, 3.05) is 26.3 Å².